The summed E-state index contributed by atoms with van der Waals surface area (Å²) >= 11 is 0. The van der Waals surface area contributed by atoms with Crippen molar-refractivity contribution in [1.29, 1.82) is 0 Å². The number of rotatable bonds is 3. The molecule has 0 unspecified atom stereocenters. The Kier molecular flexibility index (Phi) is 4.71. The van der Waals surface area contributed by atoms with Gasteiger partial charge in [0, 0.05) is 0 Å². The lowest BCUT2D eigenvalue weighted by molar-refractivity contribution is 0.146. The highest BCUT2D eigenvalue weighted by Gasteiger charge is 2.30. The van der Waals surface area contributed by atoms with Crippen LogP contribution in [0.3, 0.4) is 0 Å². The lowest BCUT2D eigenvalue weighted by Crippen LogP contribution is -2.37. The summed E-state index contributed by atoms with van der Waals surface area (Å²) < 4.78 is 0. The van der Waals surface area contributed by atoms with E-state index in [0.29, 0.717) is 6.04 Å². The third kappa shape index (κ3) is 3.02. The van der Waals surface area contributed by atoms with E-state index in [1.807, 2.05) is 0 Å². The van der Waals surface area contributed by atoms with Gasteiger partial charge in [0.05, 0.1) is 6.04 Å². The molecule has 126 valence electrons. The van der Waals surface area contributed by atoms with Crippen LogP contribution in [0.15, 0.2) is 48.5 Å². The fourth-order valence-electron chi connectivity index (χ4n) is 4.80. The van der Waals surface area contributed by atoms with E-state index in [9.17, 15) is 0 Å². The molecule has 1 aliphatic carbocycles. The first-order valence-corrected chi connectivity index (χ1v) is 9.76. The second-order valence-corrected chi connectivity index (χ2v) is 7.57. The van der Waals surface area contributed by atoms with E-state index >= 15 is 0 Å². The summed E-state index contributed by atoms with van der Waals surface area (Å²) in [6, 6.07) is 18.8. The van der Waals surface area contributed by atoms with Crippen molar-refractivity contribution in [1.82, 2.24) is 4.90 Å². The Morgan fingerprint density at radius 1 is 0.833 bits per heavy atom. The summed E-state index contributed by atoms with van der Waals surface area (Å²) in [6.45, 7) is 4.82. The van der Waals surface area contributed by atoms with Gasteiger partial charge < -0.3 is 0 Å². The minimum atomic E-state index is 0.461. The molecule has 1 heteroatoms. The quantitative estimate of drug-likeness (QED) is 0.733. The molecule has 2 aliphatic rings. The Hall–Kier alpha value is -1.60. The average Bonchev–Trinajstić information content (AvgIpc) is 2.80. The number of nitrogens with zero attached hydrogens (tertiary/aromatic N) is 1. The van der Waals surface area contributed by atoms with Gasteiger partial charge in [-0.3, -0.25) is 4.90 Å². The maximum absolute atomic E-state index is 2.76. The molecule has 0 N–H and O–H groups in total. The van der Waals surface area contributed by atoms with Gasteiger partial charge in [-0.15, -0.1) is 0 Å². The Labute approximate surface area is 146 Å². The zero-order valence-electron chi connectivity index (χ0n) is 14.9. The molecule has 1 nitrogen and oxygen atoms in total. The van der Waals surface area contributed by atoms with Crippen LogP contribution in [0.2, 0.25) is 0 Å². The van der Waals surface area contributed by atoms with Gasteiger partial charge in [-0.25, -0.2) is 0 Å². The second kappa shape index (κ2) is 7.11. The van der Waals surface area contributed by atoms with Crippen molar-refractivity contribution in [2.75, 3.05) is 13.1 Å². The Bertz CT molecular complexity index is 634. The van der Waals surface area contributed by atoms with Gasteiger partial charge in [0.25, 0.3) is 0 Å². The van der Waals surface area contributed by atoms with Crippen molar-refractivity contribution in [2.24, 2.45) is 5.92 Å². The summed E-state index contributed by atoms with van der Waals surface area (Å²) in [6.07, 6.45) is 7.83. The predicted molar refractivity (Wildman–Crippen MR) is 101 cm³/mol. The van der Waals surface area contributed by atoms with Gasteiger partial charge in [0.15, 0.2) is 0 Å². The van der Waals surface area contributed by atoms with Crippen molar-refractivity contribution >= 4 is 0 Å². The number of benzene rings is 2. The molecule has 0 bridgehead atoms. The molecule has 1 heterocycles. The molecule has 1 fully saturated rings. The highest BCUT2D eigenvalue weighted by atomic mass is 15.2. The zero-order valence-corrected chi connectivity index (χ0v) is 14.9. The van der Waals surface area contributed by atoms with Crippen LogP contribution >= 0.6 is 0 Å². The zero-order chi connectivity index (χ0) is 16.4. The van der Waals surface area contributed by atoms with Crippen LogP contribution < -0.4 is 0 Å². The Morgan fingerprint density at radius 2 is 1.38 bits per heavy atom. The molecule has 0 saturated carbocycles. The molecular weight excluding hydrogens is 290 g/mol. The van der Waals surface area contributed by atoms with E-state index in [1.165, 1.54) is 51.6 Å². The summed E-state index contributed by atoms with van der Waals surface area (Å²) in [5.74, 6) is 0.947. The van der Waals surface area contributed by atoms with Gasteiger partial charge in [-0.2, -0.15) is 0 Å². The number of likely N-dealkylation sites (tertiary alicyclic amines) is 1. The predicted octanol–water partition coefficient (Wildman–Crippen LogP) is 5.39. The van der Waals surface area contributed by atoms with Crippen LogP contribution in [0.1, 0.15) is 60.9 Å². The van der Waals surface area contributed by atoms with Crippen LogP contribution in [-0.4, -0.2) is 18.0 Å². The third-order valence-corrected chi connectivity index (χ3v) is 6.07. The second-order valence-electron chi connectivity index (χ2n) is 7.57. The topological polar surface area (TPSA) is 3.24 Å². The van der Waals surface area contributed by atoms with Crippen LogP contribution in [0.25, 0.3) is 0 Å². The minimum Gasteiger partial charge on any atom is -0.292 e. The fourth-order valence-corrected chi connectivity index (χ4v) is 4.80. The number of piperidine rings is 1. The maximum Gasteiger partial charge on any atom is 0.0607 e. The Balaban J connectivity index is 1.69. The summed E-state index contributed by atoms with van der Waals surface area (Å²) in [4.78, 5) is 2.76. The van der Waals surface area contributed by atoms with Crippen molar-refractivity contribution in [3.8, 4) is 0 Å². The monoisotopic (exact) mass is 319 g/mol. The van der Waals surface area contributed by atoms with Crippen molar-refractivity contribution in [3.63, 3.8) is 0 Å². The largest absolute Gasteiger partial charge is 0.292 e. The third-order valence-electron chi connectivity index (χ3n) is 6.07. The molecule has 24 heavy (non-hydrogen) atoms. The molecule has 0 radical (unpaired) electrons. The lowest BCUT2D eigenvalue weighted by Gasteiger charge is -2.38. The van der Waals surface area contributed by atoms with Gasteiger partial charge in [-0.1, -0.05) is 68.3 Å². The molecular formula is C23H29N. The Morgan fingerprint density at radius 3 is 1.92 bits per heavy atom. The average molecular weight is 319 g/mol. The standard InChI is InChI=1S/C23H29N/c1-2-7-18-14-16-24(17-15-18)23-21-10-5-3-8-19(21)12-13-20-9-4-6-11-22(20)23/h3-6,8-11,18,23H,2,7,12-17H2,1H3. The summed E-state index contributed by atoms with van der Waals surface area (Å²) in [5.41, 5.74) is 6.21. The molecule has 0 spiro atoms. The smallest absolute Gasteiger partial charge is 0.0607 e. The maximum atomic E-state index is 2.76. The fraction of sp³-hybridized carbons (Fsp3) is 0.478. The molecule has 2 aromatic rings. The molecule has 0 aromatic heterocycles. The van der Waals surface area contributed by atoms with Gasteiger partial charge in [0.2, 0.25) is 0 Å². The van der Waals surface area contributed by atoms with Crippen LogP contribution in [0.5, 0.6) is 0 Å². The van der Waals surface area contributed by atoms with E-state index in [-0.39, 0.29) is 0 Å². The first kappa shape index (κ1) is 15.9. The van der Waals surface area contributed by atoms with Crippen molar-refractivity contribution in [3.05, 3.63) is 70.8 Å². The van der Waals surface area contributed by atoms with Crippen molar-refractivity contribution < 1.29 is 0 Å². The number of fused-ring (bicyclic) bond motifs is 2. The molecule has 0 atom stereocenters. The highest BCUT2D eigenvalue weighted by molar-refractivity contribution is 5.44. The van der Waals surface area contributed by atoms with Gasteiger partial charge in [0.1, 0.15) is 0 Å². The normalized spacial score (nSPS) is 19.5. The number of hydrogen-bond acceptors (Lipinski definition) is 1. The number of hydrogen-bond donors (Lipinski definition) is 0. The van der Waals surface area contributed by atoms with Crippen LogP contribution in [0.4, 0.5) is 0 Å². The number of aryl methyl sites for hydroxylation is 2. The van der Waals surface area contributed by atoms with Crippen molar-refractivity contribution in [2.45, 2.75) is 51.5 Å². The van der Waals surface area contributed by atoms with Gasteiger partial charge >= 0.3 is 0 Å². The van der Waals surface area contributed by atoms with E-state index in [1.54, 1.807) is 22.3 Å². The first-order chi connectivity index (χ1) is 11.9. The summed E-state index contributed by atoms with van der Waals surface area (Å²) in [7, 11) is 0. The first-order valence-electron chi connectivity index (χ1n) is 9.76. The minimum absolute atomic E-state index is 0.461. The summed E-state index contributed by atoms with van der Waals surface area (Å²) in [5, 5.41) is 0. The SMILES string of the molecule is CCCC1CCN(C2c3ccccc3CCc3ccccc32)CC1. The van der Waals surface area contributed by atoms with Gasteiger partial charge in [-0.05, 0) is 66.9 Å². The molecule has 1 aliphatic heterocycles. The van der Waals surface area contributed by atoms with E-state index < -0.39 is 0 Å². The molecule has 0 amide bonds. The van der Waals surface area contributed by atoms with E-state index in [2.05, 4.69) is 60.4 Å². The highest BCUT2D eigenvalue weighted by Crippen LogP contribution is 2.38. The molecule has 4 rings (SSSR count). The van der Waals surface area contributed by atoms with E-state index in [4.69, 9.17) is 0 Å². The van der Waals surface area contributed by atoms with E-state index in [0.717, 1.165) is 5.92 Å². The lowest BCUT2D eigenvalue weighted by atomic mass is 9.88. The van der Waals surface area contributed by atoms with Crippen LogP contribution in [0, 0.1) is 5.92 Å². The molecule has 1 saturated heterocycles. The molecule has 2 aromatic carbocycles. The van der Waals surface area contributed by atoms with Crippen LogP contribution in [-0.2, 0) is 12.8 Å².